The Bertz CT molecular complexity index is 621. The van der Waals surface area contributed by atoms with Crippen molar-refractivity contribution in [2.24, 2.45) is 5.41 Å². The van der Waals surface area contributed by atoms with Crippen LogP contribution in [0.15, 0.2) is 6.20 Å². The van der Waals surface area contributed by atoms with E-state index in [-0.39, 0.29) is 23.5 Å². The number of ether oxygens (including phenoxy) is 1. The van der Waals surface area contributed by atoms with Crippen LogP contribution >= 0.6 is 0 Å². The van der Waals surface area contributed by atoms with Gasteiger partial charge in [0.2, 0.25) is 5.91 Å². The molecule has 2 fully saturated rings. The van der Waals surface area contributed by atoms with Crippen molar-refractivity contribution in [2.75, 3.05) is 26.2 Å². The highest BCUT2D eigenvalue weighted by Crippen LogP contribution is 2.25. The molecule has 0 N–H and O–H groups in total. The summed E-state index contributed by atoms with van der Waals surface area (Å²) in [6, 6.07) is 0.340. The number of carbonyl (C=O) groups excluding carboxylic acids is 1. The van der Waals surface area contributed by atoms with Crippen LogP contribution in [0.4, 0.5) is 0 Å². The summed E-state index contributed by atoms with van der Waals surface area (Å²) in [7, 11) is 0. The summed E-state index contributed by atoms with van der Waals surface area (Å²) in [5.41, 5.74) is 1.06. The van der Waals surface area contributed by atoms with E-state index in [0.717, 1.165) is 51.3 Å². The Morgan fingerprint density at radius 1 is 1.19 bits per heavy atom. The predicted octanol–water partition coefficient (Wildman–Crippen LogP) is 2.49. The minimum Gasteiger partial charge on any atom is -0.373 e. The van der Waals surface area contributed by atoms with E-state index in [1.165, 1.54) is 0 Å². The smallest absolute Gasteiger partial charge is 0.223 e. The van der Waals surface area contributed by atoms with E-state index < -0.39 is 0 Å². The zero-order valence-electron chi connectivity index (χ0n) is 17.5. The number of likely N-dealkylation sites (tertiary alicyclic amines) is 1. The Hall–Kier alpha value is -1.47. The van der Waals surface area contributed by atoms with Gasteiger partial charge < -0.3 is 9.64 Å². The van der Waals surface area contributed by atoms with Gasteiger partial charge in [-0.3, -0.25) is 9.69 Å². The highest BCUT2D eigenvalue weighted by atomic mass is 16.5. The van der Waals surface area contributed by atoms with Gasteiger partial charge in [-0.15, -0.1) is 5.10 Å². The van der Waals surface area contributed by atoms with Crippen LogP contribution in [0, 0.1) is 5.41 Å². The third kappa shape index (κ3) is 5.75. The summed E-state index contributed by atoms with van der Waals surface area (Å²) in [5.74, 6) is 0.274. The zero-order valence-corrected chi connectivity index (χ0v) is 17.5. The maximum Gasteiger partial charge on any atom is 0.223 e. The summed E-state index contributed by atoms with van der Waals surface area (Å²) in [4.78, 5) is 16.8. The van der Waals surface area contributed by atoms with Gasteiger partial charge in [-0.05, 0) is 32.1 Å². The molecule has 0 aliphatic carbocycles. The van der Waals surface area contributed by atoms with Crippen LogP contribution < -0.4 is 0 Å². The Morgan fingerprint density at radius 3 is 2.41 bits per heavy atom. The lowest BCUT2D eigenvalue weighted by atomic mass is 9.91. The molecule has 7 heteroatoms. The number of amides is 1. The largest absolute Gasteiger partial charge is 0.373 e. The van der Waals surface area contributed by atoms with Crippen LogP contribution in [0.1, 0.15) is 65.6 Å². The standard InChI is InChI=1S/C20H35N5O2/c1-15-11-23(12-16(2)27-15)13-17-14-25(22-21-17)18-6-8-24(9-7-18)19(26)10-20(3,4)5/h14-16,18H,6-13H2,1-5H3/t15-,16+. The molecule has 2 aliphatic rings. The molecule has 0 radical (unpaired) electrons. The second-order valence-electron chi connectivity index (χ2n) is 9.49. The normalized spacial score (nSPS) is 25.7. The number of nitrogens with zero attached hydrogens (tertiary/aromatic N) is 5. The number of morpholine rings is 1. The van der Waals surface area contributed by atoms with Gasteiger partial charge in [-0.25, -0.2) is 4.68 Å². The molecular weight excluding hydrogens is 342 g/mol. The predicted molar refractivity (Wildman–Crippen MR) is 104 cm³/mol. The van der Waals surface area contributed by atoms with Crippen LogP contribution in [-0.2, 0) is 16.1 Å². The van der Waals surface area contributed by atoms with Crippen LogP contribution in [0.3, 0.4) is 0 Å². The molecule has 27 heavy (non-hydrogen) atoms. The van der Waals surface area contributed by atoms with Gasteiger partial charge in [-0.2, -0.15) is 0 Å². The molecule has 0 aromatic carbocycles. The van der Waals surface area contributed by atoms with Gasteiger partial charge in [0.1, 0.15) is 0 Å². The van der Waals surface area contributed by atoms with Crippen molar-refractivity contribution >= 4 is 5.91 Å². The number of hydrogen-bond donors (Lipinski definition) is 0. The topological polar surface area (TPSA) is 63.5 Å². The second-order valence-corrected chi connectivity index (χ2v) is 9.49. The molecule has 3 rings (SSSR count). The van der Waals surface area contributed by atoms with Crippen molar-refractivity contribution in [3.05, 3.63) is 11.9 Å². The van der Waals surface area contributed by atoms with Crippen molar-refractivity contribution in [1.29, 1.82) is 0 Å². The Labute approximate surface area is 163 Å². The second kappa shape index (κ2) is 8.27. The molecule has 1 aromatic rings. The van der Waals surface area contributed by atoms with Crippen molar-refractivity contribution in [3.8, 4) is 0 Å². The molecule has 7 nitrogen and oxygen atoms in total. The quantitative estimate of drug-likeness (QED) is 0.807. The van der Waals surface area contributed by atoms with E-state index in [1.807, 2.05) is 9.58 Å². The number of aromatic nitrogens is 3. The van der Waals surface area contributed by atoms with Gasteiger partial charge in [-0.1, -0.05) is 26.0 Å². The maximum absolute atomic E-state index is 12.4. The van der Waals surface area contributed by atoms with Crippen molar-refractivity contribution in [2.45, 2.75) is 78.7 Å². The maximum atomic E-state index is 12.4. The van der Waals surface area contributed by atoms with Crippen LogP contribution in [-0.4, -0.2) is 69.1 Å². The summed E-state index contributed by atoms with van der Waals surface area (Å²) in [5, 5.41) is 8.77. The number of hydrogen-bond acceptors (Lipinski definition) is 5. The van der Waals surface area contributed by atoms with E-state index in [1.54, 1.807) is 0 Å². The molecule has 2 aliphatic heterocycles. The fraction of sp³-hybridized carbons (Fsp3) is 0.850. The van der Waals surface area contributed by atoms with Gasteiger partial charge in [0.05, 0.1) is 30.1 Å². The van der Waals surface area contributed by atoms with Gasteiger partial charge in [0.25, 0.3) is 0 Å². The summed E-state index contributed by atoms with van der Waals surface area (Å²) >= 11 is 0. The zero-order chi connectivity index (χ0) is 19.6. The number of carbonyl (C=O) groups is 1. The van der Waals surface area contributed by atoms with E-state index in [4.69, 9.17) is 4.74 Å². The monoisotopic (exact) mass is 377 g/mol. The summed E-state index contributed by atoms with van der Waals surface area (Å²) < 4.78 is 7.81. The lowest BCUT2D eigenvalue weighted by molar-refractivity contribution is -0.134. The molecule has 3 heterocycles. The average molecular weight is 378 g/mol. The third-order valence-electron chi connectivity index (χ3n) is 5.31. The average Bonchev–Trinajstić information content (AvgIpc) is 3.01. The van der Waals surface area contributed by atoms with Crippen molar-refractivity contribution in [1.82, 2.24) is 24.8 Å². The molecule has 1 aromatic heterocycles. The molecular formula is C20H35N5O2. The van der Waals surface area contributed by atoms with E-state index in [0.29, 0.717) is 12.5 Å². The summed E-state index contributed by atoms with van der Waals surface area (Å²) in [6.45, 7) is 14.9. The number of piperidine rings is 1. The SMILES string of the molecule is C[C@@H]1CN(Cc2cn(C3CCN(C(=O)CC(C)(C)C)CC3)nn2)C[C@H](C)O1. The Morgan fingerprint density at radius 2 is 1.81 bits per heavy atom. The lowest BCUT2D eigenvalue weighted by Gasteiger charge is -2.34. The minimum atomic E-state index is 0.0449. The molecule has 1 amide bonds. The Balaban J connectivity index is 1.50. The van der Waals surface area contributed by atoms with Crippen LogP contribution in [0.25, 0.3) is 0 Å². The lowest BCUT2D eigenvalue weighted by Crippen LogP contribution is -2.44. The highest BCUT2D eigenvalue weighted by Gasteiger charge is 2.28. The molecule has 0 unspecified atom stereocenters. The van der Waals surface area contributed by atoms with E-state index in [2.05, 4.69) is 56.0 Å². The highest BCUT2D eigenvalue weighted by molar-refractivity contribution is 5.76. The first-order valence-electron chi connectivity index (χ1n) is 10.3. The van der Waals surface area contributed by atoms with Crippen molar-refractivity contribution < 1.29 is 9.53 Å². The van der Waals surface area contributed by atoms with E-state index >= 15 is 0 Å². The fourth-order valence-electron chi connectivity index (χ4n) is 4.15. The summed E-state index contributed by atoms with van der Waals surface area (Å²) in [6.07, 6.45) is 5.12. The van der Waals surface area contributed by atoms with E-state index in [9.17, 15) is 4.79 Å². The fourth-order valence-corrected chi connectivity index (χ4v) is 4.15. The van der Waals surface area contributed by atoms with Crippen molar-refractivity contribution in [3.63, 3.8) is 0 Å². The molecule has 2 atom stereocenters. The first kappa shape index (κ1) is 20.3. The van der Waals surface area contributed by atoms with Crippen LogP contribution in [0.5, 0.6) is 0 Å². The number of rotatable bonds is 4. The molecule has 2 saturated heterocycles. The minimum absolute atomic E-state index is 0.0449. The first-order chi connectivity index (χ1) is 12.7. The van der Waals surface area contributed by atoms with Gasteiger partial charge in [0, 0.05) is 39.1 Å². The Kier molecular flexibility index (Phi) is 6.21. The molecule has 0 saturated carbocycles. The molecule has 0 bridgehead atoms. The van der Waals surface area contributed by atoms with Crippen LogP contribution in [0.2, 0.25) is 0 Å². The van der Waals surface area contributed by atoms with Gasteiger partial charge >= 0.3 is 0 Å². The third-order valence-corrected chi connectivity index (χ3v) is 5.31. The first-order valence-corrected chi connectivity index (χ1v) is 10.3. The molecule has 0 spiro atoms. The molecule has 152 valence electrons. The van der Waals surface area contributed by atoms with Gasteiger partial charge in [0.15, 0.2) is 0 Å².